The van der Waals surface area contributed by atoms with Crippen molar-refractivity contribution in [2.24, 2.45) is 5.92 Å². The van der Waals surface area contributed by atoms with Crippen molar-refractivity contribution in [2.75, 3.05) is 26.2 Å². The number of nitrogens with one attached hydrogen (secondary N) is 1. The Hall–Kier alpha value is -2.91. The average Bonchev–Trinajstić information content (AvgIpc) is 2.87. The highest BCUT2D eigenvalue weighted by Gasteiger charge is 2.29. The van der Waals surface area contributed by atoms with E-state index in [2.05, 4.69) is 14.9 Å². The number of carbonyl (C=O) groups excluding carboxylic acids is 2. The number of fused-ring (bicyclic) bond motifs is 1. The van der Waals surface area contributed by atoms with Gasteiger partial charge < -0.3 is 14.6 Å². The molecule has 35 heavy (non-hydrogen) atoms. The maximum Gasteiger partial charge on any atom is 0.256 e. The zero-order valence-corrected chi connectivity index (χ0v) is 20.4. The Morgan fingerprint density at radius 1 is 1.26 bits per heavy atom. The molecule has 0 radical (unpaired) electrons. The van der Waals surface area contributed by atoms with E-state index in [1.54, 1.807) is 4.90 Å². The molecule has 1 aromatic carbocycles. The lowest BCUT2D eigenvalue weighted by molar-refractivity contribution is -0.135. The molecule has 1 saturated heterocycles. The Morgan fingerprint density at radius 3 is 2.66 bits per heavy atom. The van der Waals surface area contributed by atoms with Gasteiger partial charge in [-0.3, -0.25) is 19.3 Å². The van der Waals surface area contributed by atoms with E-state index in [-0.39, 0.29) is 54.7 Å². The number of nitrogens with zero attached hydrogens (tertiary/aromatic N) is 3. The molecular weight excluding hydrogens is 451 g/mol. The highest BCUT2D eigenvalue weighted by molar-refractivity contribution is 5.97. The van der Waals surface area contributed by atoms with Crippen molar-refractivity contribution in [2.45, 2.75) is 58.7 Å². The second-order valence-corrected chi connectivity index (χ2v) is 9.44. The first-order valence-corrected chi connectivity index (χ1v) is 12.4. The normalized spacial score (nSPS) is 17.6. The number of ketones is 1. The standard InChI is InChI=1S/C26H33FN4O4/c1-3-17(2)31(14-23-28-22-10-13-35-16-21(22)26(34)29-23)24(32)15-30-11-8-19(9-12-30)25(33)18-4-6-20(27)7-5-18/h4-7,17,19H,3,8-16H2,1-2H3,(H,28,29,34)/t17-/m0/s1. The molecule has 1 N–H and O–H groups in total. The minimum absolute atomic E-state index is 0.00948. The van der Waals surface area contributed by atoms with Crippen LogP contribution in [-0.2, 0) is 29.1 Å². The number of likely N-dealkylation sites (tertiary alicyclic amines) is 1. The minimum Gasteiger partial charge on any atom is -0.376 e. The summed E-state index contributed by atoms with van der Waals surface area (Å²) in [6, 6.07) is 5.67. The average molecular weight is 485 g/mol. The number of amides is 1. The van der Waals surface area contributed by atoms with Crippen LogP contribution >= 0.6 is 0 Å². The van der Waals surface area contributed by atoms with Gasteiger partial charge >= 0.3 is 0 Å². The molecule has 1 fully saturated rings. The molecule has 0 spiro atoms. The van der Waals surface area contributed by atoms with E-state index in [9.17, 15) is 18.8 Å². The number of hydrogen-bond acceptors (Lipinski definition) is 6. The topological polar surface area (TPSA) is 95.6 Å². The maximum atomic E-state index is 13.3. The van der Waals surface area contributed by atoms with Crippen molar-refractivity contribution in [3.05, 3.63) is 63.1 Å². The molecule has 4 rings (SSSR count). The van der Waals surface area contributed by atoms with Crippen LogP contribution in [0.5, 0.6) is 0 Å². The molecule has 1 amide bonds. The lowest BCUT2D eigenvalue weighted by Crippen LogP contribution is -2.47. The molecule has 9 heteroatoms. The second kappa shape index (κ2) is 11.2. The van der Waals surface area contributed by atoms with Gasteiger partial charge in [0, 0.05) is 23.9 Å². The third-order valence-corrected chi connectivity index (χ3v) is 7.09. The third-order valence-electron chi connectivity index (χ3n) is 7.09. The number of Topliss-reactive ketones (excluding diaryl/α,β-unsaturated/α-hetero) is 1. The smallest absolute Gasteiger partial charge is 0.256 e. The number of carbonyl (C=O) groups is 2. The fraction of sp³-hybridized carbons (Fsp3) is 0.538. The summed E-state index contributed by atoms with van der Waals surface area (Å²) in [4.78, 5) is 49.8. The van der Waals surface area contributed by atoms with Crippen LogP contribution in [-0.4, -0.2) is 63.7 Å². The predicted molar refractivity (Wildman–Crippen MR) is 128 cm³/mol. The number of rotatable bonds is 8. The molecule has 8 nitrogen and oxygen atoms in total. The van der Waals surface area contributed by atoms with Crippen LogP contribution in [0.1, 0.15) is 60.5 Å². The van der Waals surface area contributed by atoms with Crippen LogP contribution < -0.4 is 5.56 Å². The van der Waals surface area contributed by atoms with Crippen LogP contribution in [0, 0.1) is 11.7 Å². The van der Waals surface area contributed by atoms with E-state index in [0.717, 1.165) is 12.1 Å². The molecule has 2 aliphatic rings. The van der Waals surface area contributed by atoms with Crippen LogP contribution in [0.15, 0.2) is 29.1 Å². The SMILES string of the molecule is CC[C@H](C)N(Cc1nc2c(c(=O)[nH]1)COCC2)C(=O)CN1CCC(C(=O)c2ccc(F)cc2)CC1. The van der Waals surface area contributed by atoms with Crippen molar-refractivity contribution in [1.82, 2.24) is 19.8 Å². The highest BCUT2D eigenvalue weighted by atomic mass is 19.1. The van der Waals surface area contributed by atoms with Crippen molar-refractivity contribution < 1.29 is 18.7 Å². The number of aromatic amines is 1. The largest absolute Gasteiger partial charge is 0.376 e. The Labute approximate surface area is 204 Å². The van der Waals surface area contributed by atoms with Gasteiger partial charge in [0.25, 0.3) is 5.56 Å². The van der Waals surface area contributed by atoms with E-state index in [4.69, 9.17) is 4.74 Å². The number of H-pyrrole nitrogens is 1. The number of hydrogen-bond donors (Lipinski definition) is 1. The van der Waals surface area contributed by atoms with Gasteiger partial charge in [-0.25, -0.2) is 9.37 Å². The van der Waals surface area contributed by atoms with Gasteiger partial charge in [-0.15, -0.1) is 0 Å². The number of benzene rings is 1. The molecule has 1 aromatic heterocycles. The van der Waals surface area contributed by atoms with E-state index in [1.165, 1.54) is 24.3 Å². The molecular formula is C26H33FN4O4. The summed E-state index contributed by atoms with van der Waals surface area (Å²) in [6.07, 6.45) is 2.70. The summed E-state index contributed by atoms with van der Waals surface area (Å²) >= 11 is 0. The number of aromatic nitrogens is 2. The van der Waals surface area contributed by atoms with Gasteiger partial charge in [0.1, 0.15) is 11.6 Å². The van der Waals surface area contributed by atoms with Crippen LogP contribution in [0.4, 0.5) is 4.39 Å². The summed E-state index contributed by atoms with van der Waals surface area (Å²) in [5.74, 6) is 0.0277. The Morgan fingerprint density at radius 2 is 1.97 bits per heavy atom. The Balaban J connectivity index is 1.37. The monoisotopic (exact) mass is 484 g/mol. The van der Waals surface area contributed by atoms with E-state index in [1.807, 2.05) is 13.8 Å². The Kier molecular flexibility index (Phi) is 8.07. The van der Waals surface area contributed by atoms with Crippen LogP contribution in [0.25, 0.3) is 0 Å². The van der Waals surface area contributed by atoms with E-state index < -0.39 is 0 Å². The lowest BCUT2D eigenvalue weighted by atomic mass is 9.89. The quantitative estimate of drug-likeness (QED) is 0.579. The zero-order valence-electron chi connectivity index (χ0n) is 20.4. The highest BCUT2D eigenvalue weighted by Crippen LogP contribution is 2.22. The summed E-state index contributed by atoms with van der Waals surface area (Å²) in [5.41, 5.74) is 1.65. The van der Waals surface area contributed by atoms with Gasteiger partial charge in [0.15, 0.2) is 5.78 Å². The fourth-order valence-corrected chi connectivity index (χ4v) is 4.73. The van der Waals surface area contributed by atoms with E-state index in [0.29, 0.717) is 55.9 Å². The molecule has 0 saturated carbocycles. The summed E-state index contributed by atoms with van der Waals surface area (Å²) in [7, 11) is 0. The summed E-state index contributed by atoms with van der Waals surface area (Å²) in [5, 5.41) is 0. The third kappa shape index (κ3) is 6.02. The lowest BCUT2D eigenvalue weighted by Gasteiger charge is -2.34. The van der Waals surface area contributed by atoms with Gasteiger partial charge in [0.05, 0.1) is 37.6 Å². The van der Waals surface area contributed by atoms with Gasteiger partial charge in [-0.05, 0) is 63.5 Å². The molecule has 0 bridgehead atoms. The molecule has 0 unspecified atom stereocenters. The first-order valence-electron chi connectivity index (χ1n) is 12.4. The number of ether oxygens (including phenoxy) is 1. The number of piperidine rings is 1. The fourth-order valence-electron chi connectivity index (χ4n) is 4.73. The summed E-state index contributed by atoms with van der Waals surface area (Å²) < 4.78 is 18.5. The van der Waals surface area contributed by atoms with Crippen molar-refractivity contribution in [3.63, 3.8) is 0 Å². The maximum absolute atomic E-state index is 13.3. The molecule has 3 heterocycles. The van der Waals surface area contributed by atoms with Gasteiger partial charge in [-0.2, -0.15) is 0 Å². The van der Waals surface area contributed by atoms with Crippen molar-refractivity contribution in [3.8, 4) is 0 Å². The number of halogens is 1. The minimum atomic E-state index is -0.357. The molecule has 188 valence electrons. The summed E-state index contributed by atoms with van der Waals surface area (Å²) in [6.45, 7) is 6.62. The van der Waals surface area contributed by atoms with Crippen LogP contribution in [0.3, 0.4) is 0 Å². The van der Waals surface area contributed by atoms with Crippen LogP contribution in [0.2, 0.25) is 0 Å². The van der Waals surface area contributed by atoms with Crippen molar-refractivity contribution in [1.29, 1.82) is 0 Å². The van der Waals surface area contributed by atoms with Gasteiger partial charge in [-0.1, -0.05) is 6.92 Å². The molecule has 2 aromatic rings. The predicted octanol–water partition coefficient (Wildman–Crippen LogP) is 2.70. The van der Waals surface area contributed by atoms with E-state index >= 15 is 0 Å². The second-order valence-electron chi connectivity index (χ2n) is 9.44. The Bertz CT molecular complexity index is 1110. The molecule has 0 aliphatic carbocycles. The zero-order chi connectivity index (χ0) is 24.9. The van der Waals surface area contributed by atoms with Gasteiger partial charge in [0.2, 0.25) is 5.91 Å². The first kappa shape index (κ1) is 25.2. The van der Waals surface area contributed by atoms with Crippen molar-refractivity contribution >= 4 is 11.7 Å². The first-order chi connectivity index (χ1) is 16.9. The molecule has 2 aliphatic heterocycles. The molecule has 1 atom stereocenters.